The normalized spacial score (nSPS) is 18.0. The van der Waals surface area contributed by atoms with Crippen LogP contribution in [0, 0.1) is 5.41 Å². The Kier molecular flexibility index (Phi) is 6.34. The van der Waals surface area contributed by atoms with Gasteiger partial charge in [-0.1, -0.05) is 39.0 Å². The monoisotopic (exact) mass is 371 g/mol. The van der Waals surface area contributed by atoms with E-state index >= 15 is 0 Å². The van der Waals surface area contributed by atoms with E-state index in [1.807, 2.05) is 25.7 Å². The van der Waals surface area contributed by atoms with Crippen LogP contribution in [0.5, 0.6) is 0 Å². The fourth-order valence-electron chi connectivity index (χ4n) is 3.37. The van der Waals surface area contributed by atoms with Gasteiger partial charge in [-0.2, -0.15) is 13.2 Å². The molecule has 1 saturated heterocycles. The maximum absolute atomic E-state index is 13.3. The van der Waals surface area contributed by atoms with E-state index in [-0.39, 0.29) is 23.4 Å². The number of benzene rings is 1. The molecule has 1 aliphatic rings. The highest BCUT2D eigenvalue weighted by Gasteiger charge is 2.37. The van der Waals surface area contributed by atoms with Crippen molar-refractivity contribution in [3.63, 3.8) is 0 Å². The van der Waals surface area contributed by atoms with Crippen molar-refractivity contribution in [2.75, 3.05) is 32.7 Å². The molecule has 146 valence electrons. The number of nitrogens with zero attached hydrogens (tertiary/aromatic N) is 2. The van der Waals surface area contributed by atoms with Crippen LogP contribution in [0.2, 0.25) is 0 Å². The van der Waals surface area contributed by atoms with E-state index < -0.39 is 17.8 Å². The van der Waals surface area contributed by atoms with Gasteiger partial charge in [0.15, 0.2) is 0 Å². The van der Waals surface area contributed by atoms with Crippen LogP contribution in [0.4, 0.5) is 13.2 Å². The Morgan fingerprint density at radius 2 is 1.69 bits per heavy atom. The van der Waals surface area contributed by atoms with E-state index in [0.717, 1.165) is 6.07 Å². The van der Waals surface area contributed by atoms with Crippen molar-refractivity contribution < 1.29 is 18.0 Å². The van der Waals surface area contributed by atoms with E-state index in [9.17, 15) is 18.0 Å². The highest BCUT2D eigenvalue weighted by molar-refractivity contribution is 5.76. The zero-order chi connectivity index (χ0) is 19.5. The molecule has 0 radical (unpaired) electrons. The van der Waals surface area contributed by atoms with E-state index in [1.165, 1.54) is 12.1 Å². The maximum atomic E-state index is 13.3. The van der Waals surface area contributed by atoms with Crippen LogP contribution in [0.1, 0.15) is 44.4 Å². The minimum atomic E-state index is -4.41. The Morgan fingerprint density at radius 1 is 1.12 bits per heavy atom. The van der Waals surface area contributed by atoms with Gasteiger partial charge in [0.05, 0.1) is 5.56 Å². The molecule has 1 atom stereocenters. The van der Waals surface area contributed by atoms with Crippen molar-refractivity contribution in [2.45, 2.75) is 39.4 Å². The number of amides is 1. The van der Waals surface area contributed by atoms with Crippen LogP contribution >= 0.6 is 0 Å². The molecule has 0 aliphatic carbocycles. The van der Waals surface area contributed by atoms with Crippen molar-refractivity contribution in [1.29, 1.82) is 0 Å². The molecule has 2 N–H and O–H groups in total. The lowest BCUT2D eigenvalue weighted by Gasteiger charge is -2.40. The molecule has 1 unspecified atom stereocenters. The predicted molar refractivity (Wildman–Crippen MR) is 95.5 cm³/mol. The number of hydrogen-bond acceptors (Lipinski definition) is 3. The Labute approximate surface area is 153 Å². The van der Waals surface area contributed by atoms with Crippen LogP contribution in [0.3, 0.4) is 0 Å². The summed E-state index contributed by atoms with van der Waals surface area (Å²) in [5.41, 5.74) is 5.32. The molecule has 0 saturated carbocycles. The lowest BCUT2D eigenvalue weighted by molar-refractivity contribution is -0.138. The van der Waals surface area contributed by atoms with Crippen LogP contribution in [0.15, 0.2) is 24.3 Å². The first-order chi connectivity index (χ1) is 12.0. The molecular weight excluding hydrogens is 343 g/mol. The van der Waals surface area contributed by atoms with Crippen molar-refractivity contribution in [2.24, 2.45) is 11.1 Å². The Morgan fingerprint density at radius 3 is 2.19 bits per heavy atom. The van der Waals surface area contributed by atoms with E-state index in [0.29, 0.717) is 32.6 Å². The minimum Gasteiger partial charge on any atom is -0.340 e. The van der Waals surface area contributed by atoms with E-state index in [2.05, 4.69) is 0 Å². The van der Waals surface area contributed by atoms with Gasteiger partial charge in [0, 0.05) is 45.2 Å². The summed E-state index contributed by atoms with van der Waals surface area (Å²) in [5.74, 6) is 0.0946. The Balaban J connectivity index is 2.09. The average molecular weight is 371 g/mol. The molecule has 1 aromatic carbocycles. The van der Waals surface area contributed by atoms with Crippen LogP contribution in [-0.2, 0) is 11.0 Å². The number of carbonyl (C=O) groups excluding carboxylic acids is 1. The lowest BCUT2D eigenvalue weighted by Crippen LogP contribution is -2.51. The molecule has 0 aromatic heterocycles. The first-order valence-electron chi connectivity index (χ1n) is 8.91. The van der Waals surface area contributed by atoms with Gasteiger partial charge in [0.25, 0.3) is 0 Å². The molecule has 0 spiro atoms. The fourth-order valence-corrected chi connectivity index (χ4v) is 3.37. The SMILES string of the molecule is CC(C)(C)CC(=O)N1CCN(C(CN)c2ccccc2C(F)(F)F)CC1. The summed E-state index contributed by atoms with van der Waals surface area (Å²) in [5, 5.41) is 0. The van der Waals surface area contributed by atoms with Gasteiger partial charge in [-0.05, 0) is 17.0 Å². The fraction of sp³-hybridized carbons (Fsp3) is 0.632. The van der Waals surface area contributed by atoms with Gasteiger partial charge in [-0.25, -0.2) is 0 Å². The maximum Gasteiger partial charge on any atom is 0.416 e. The van der Waals surface area contributed by atoms with Crippen LogP contribution in [-0.4, -0.2) is 48.4 Å². The number of rotatable bonds is 4. The molecule has 7 heteroatoms. The smallest absolute Gasteiger partial charge is 0.340 e. The van der Waals surface area contributed by atoms with Gasteiger partial charge in [0.2, 0.25) is 5.91 Å². The molecule has 1 fully saturated rings. The largest absolute Gasteiger partial charge is 0.416 e. The summed E-state index contributed by atoms with van der Waals surface area (Å²) in [6.45, 7) is 8.20. The summed E-state index contributed by atoms with van der Waals surface area (Å²) in [4.78, 5) is 16.1. The second-order valence-corrected chi connectivity index (χ2v) is 7.99. The molecule has 26 heavy (non-hydrogen) atoms. The summed E-state index contributed by atoms with van der Waals surface area (Å²) in [7, 11) is 0. The molecule has 1 aliphatic heterocycles. The second kappa shape index (κ2) is 7.96. The van der Waals surface area contributed by atoms with Crippen molar-refractivity contribution in [1.82, 2.24) is 9.80 Å². The molecule has 1 aromatic rings. The number of alkyl halides is 3. The summed E-state index contributed by atoms with van der Waals surface area (Å²) in [6.07, 6.45) is -3.95. The molecule has 2 rings (SSSR count). The predicted octanol–water partition coefficient (Wildman–Crippen LogP) is 3.29. The van der Waals surface area contributed by atoms with E-state index in [1.54, 1.807) is 11.0 Å². The third-order valence-corrected chi connectivity index (χ3v) is 4.64. The zero-order valence-electron chi connectivity index (χ0n) is 15.6. The van der Waals surface area contributed by atoms with Gasteiger partial charge in [0.1, 0.15) is 0 Å². The van der Waals surface area contributed by atoms with Gasteiger partial charge < -0.3 is 10.6 Å². The number of carbonyl (C=O) groups is 1. The highest BCUT2D eigenvalue weighted by Crippen LogP contribution is 2.36. The topological polar surface area (TPSA) is 49.6 Å². The number of nitrogens with two attached hydrogens (primary N) is 1. The van der Waals surface area contributed by atoms with Crippen molar-refractivity contribution in [3.05, 3.63) is 35.4 Å². The van der Waals surface area contributed by atoms with Crippen molar-refractivity contribution in [3.8, 4) is 0 Å². The molecule has 1 amide bonds. The number of hydrogen-bond donors (Lipinski definition) is 1. The highest BCUT2D eigenvalue weighted by atomic mass is 19.4. The Hall–Kier alpha value is -1.60. The van der Waals surface area contributed by atoms with Crippen molar-refractivity contribution >= 4 is 5.91 Å². The van der Waals surface area contributed by atoms with E-state index in [4.69, 9.17) is 5.73 Å². The summed E-state index contributed by atoms with van der Waals surface area (Å²) in [6, 6.07) is 5.09. The zero-order valence-corrected chi connectivity index (χ0v) is 15.6. The molecule has 4 nitrogen and oxygen atoms in total. The summed E-state index contributed by atoms with van der Waals surface area (Å²) >= 11 is 0. The van der Waals surface area contributed by atoms with Crippen LogP contribution < -0.4 is 5.73 Å². The first-order valence-corrected chi connectivity index (χ1v) is 8.91. The number of piperazine rings is 1. The summed E-state index contributed by atoms with van der Waals surface area (Å²) < 4.78 is 40.0. The number of halogens is 3. The Bertz CT molecular complexity index is 617. The third kappa shape index (κ3) is 5.20. The standard InChI is InChI=1S/C19H28F3N3O/c1-18(2,3)12-17(26)25-10-8-24(9-11-25)16(13-23)14-6-4-5-7-15(14)19(20,21)22/h4-7,16H,8-13,23H2,1-3H3. The molecular formula is C19H28F3N3O. The third-order valence-electron chi connectivity index (χ3n) is 4.64. The molecule has 0 bridgehead atoms. The van der Waals surface area contributed by atoms with Gasteiger partial charge >= 0.3 is 6.18 Å². The lowest BCUT2D eigenvalue weighted by atomic mass is 9.91. The average Bonchev–Trinajstić information content (AvgIpc) is 2.54. The molecule has 1 heterocycles. The minimum absolute atomic E-state index is 0.0837. The quantitative estimate of drug-likeness (QED) is 0.884. The van der Waals surface area contributed by atoms with Gasteiger partial charge in [-0.3, -0.25) is 9.69 Å². The van der Waals surface area contributed by atoms with Gasteiger partial charge in [-0.15, -0.1) is 0 Å². The van der Waals surface area contributed by atoms with Crippen LogP contribution in [0.25, 0.3) is 0 Å². The first kappa shape index (κ1) is 20.7. The second-order valence-electron chi connectivity index (χ2n) is 7.99.